The summed E-state index contributed by atoms with van der Waals surface area (Å²) >= 11 is 1.56. The molecule has 18 heavy (non-hydrogen) atoms. The largest absolute Gasteiger partial charge is 0.325 e. The molecular weight excluding hydrogens is 242 g/mol. The van der Waals surface area contributed by atoms with Crippen molar-refractivity contribution in [2.45, 2.75) is 36.4 Å². The van der Waals surface area contributed by atoms with Crippen molar-refractivity contribution in [3.63, 3.8) is 0 Å². The summed E-state index contributed by atoms with van der Waals surface area (Å²) in [5, 5.41) is 0.746. The van der Waals surface area contributed by atoms with Gasteiger partial charge in [-0.3, -0.25) is 0 Å². The molecule has 0 saturated heterocycles. The fraction of sp³-hybridized carbons (Fsp3) is 0.286. The molecule has 2 rings (SSSR count). The first kappa shape index (κ1) is 13.1. The smallest absolute Gasteiger partial charge is 0.192 e. The minimum atomic E-state index is 0.447. The summed E-state index contributed by atoms with van der Waals surface area (Å²) in [5.74, 6) is 0.556. The van der Waals surface area contributed by atoms with E-state index in [9.17, 15) is 0 Å². The molecule has 3 nitrogen and oxygen atoms in total. The molecule has 1 aromatic carbocycles. The Morgan fingerprint density at radius 1 is 1.17 bits per heavy atom. The van der Waals surface area contributed by atoms with E-state index in [-0.39, 0.29) is 0 Å². The molecule has 0 atom stereocenters. The number of hydrogen-bond donors (Lipinski definition) is 1. The maximum atomic E-state index is 5.57. The molecule has 0 unspecified atom stereocenters. The van der Waals surface area contributed by atoms with Crippen LogP contribution < -0.4 is 5.73 Å². The molecule has 2 aromatic rings. The van der Waals surface area contributed by atoms with Crippen LogP contribution in [-0.2, 0) is 6.54 Å². The van der Waals surface area contributed by atoms with Crippen molar-refractivity contribution >= 4 is 11.8 Å². The standard InChI is InChI=1S/C14H17N3S/c1-10(2)11-3-5-13(6-4-11)18-14-16-8-7-12(9-15)17-14/h3-8,10H,9,15H2,1-2H3. The van der Waals surface area contributed by atoms with Gasteiger partial charge in [-0.05, 0) is 41.4 Å². The van der Waals surface area contributed by atoms with E-state index in [0.29, 0.717) is 12.5 Å². The summed E-state index contributed by atoms with van der Waals surface area (Å²) in [6, 6.07) is 10.4. The van der Waals surface area contributed by atoms with Crippen molar-refractivity contribution in [3.05, 3.63) is 47.8 Å². The van der Waals surface area contributed by atoms with Crippen LogP contribution in [0.5, 0.6) is 0 Å². The molecule has 94 valence electrons. The van der Waals surface area contributed by atoms with E-state index >= 15 is 0 Å². The van der Waals surface area contributed by atoms with Crippen molar-refractivity contribution < 1.29 is 0 Å². The fourth-order valence-electron chi connectivity index (χ4n) is 1.57. The van der Waals surface area contributed by atoms with Crippen LogP contribution >= 0.6 is 11.8 Å². The SMILES string of the molecule is CC(C)c1ccc(Sc2nccc(CN)n2)cc1. The molecule has 0 aliphatic heterocycles. The highest BCUT2D eigenvalue weighted by Crippen LogP contribution is 2.26. The predicted octanol–water partition coefficient (Wildman–Crippen LogP) is 3.21. The van der Waals surface area contributed by atoms with E-state index in [1.54, 1.807) is 18.0 Å². The molecule has 0 amide bonds. The van der Waals surface area contributed by atoms with E-state index in [0.717, 1.165) is 15.7 Å². The lowest BCUT2D eigenvalue weighted by molar-refractivity contribution is 0.863. The quantitative estimate of drug-likeness (QED) is 0.857. The zero-order valence-electron chi connectivity index (χ0n) is 10.6. The van der Waals surface area contributed by atoms with Crippen LogP contribution in [0.4, 0.5) is 0 Å². The second-order valence-corrected chi connectivity index (χ2v) is 5.40. The molecule has 0 fully saturated rings. The first-order valence-corrected chi connectivity index (χ1v) is 6.80. The van der Waals surface area contributed by atoms with Gasteiger partial charge in [-0.15, -0.1) is 0 Å². The highest BCUT2D eigenvalue weighted by Gasteiger charge is 2.03. The number of hydrogen-bond acceptors (Lipinski definition) is 4. The van der Waals surface area contributed by atoms with Gasteiger partial charge in [0.1, 0.15) is 0 Å². The second-order valence-electron chi connectivity index (χ2n) is 4.36. The average molecular weight is 259 g/mol. The lowest BCUT2D eigenvalue weighted by atomic mass is 10.0. The van der Waals surface area contributed by atoms with E-state index < -0.39 is 0 Å². The van der Waals surface area contributed by atoms with Crippen LogP contribution in [-0.4, -0.2) is 9.97 Å². The Morgan fingerprint density at radius 2 is 1.89 bits per heavy atom. The minimum Gasteiger partial charge on any atom is -0.325 e. The number of nitrogens with two attached hydrogens (primary N) is 1. The predicted molar refractivity (Wildman–Crippen MR) is 74.6 cm³/mol. The molecular formula is C14H17N3S. The summed E-state index contributed by atoms with van der Waals surface area (Å²) in [6.45, 7) is 4.83. The van der Waals surface area contributed by atoms with Gasteiger partial charge in [-0.1, -0.05) is 26.0 Å². The van der Waals surface area contributed by atoms with Gasteiger partial charge in [-0.25, -0.2) is 9.97 Å². The van der Waals surface area contributed by atoms with Crippen molar-refractivity contribution in [1.82, 2.24) is 9.97 Å². The van der Waals surface area contributed by atoms with Crippen molar-refractivity contribution in [2.24, 2.45) is 5.73 Å². The molecule has 0 aliphatic carbocycles. The van der Waals surface area contributed by atoms with Crippen molar-refractivity contribution in [3.8, 4) is 0 Å². The van der Waals surface area contributed by atoms with Gasteiger partial charge in [0.15, 0.2) is 5.16 Å². The van der Waals surface area contributed by atoms with E-state index in [2.05, 4.69) is 48.1 Å². The summed E-state index contributed by atoms with van der Waals surface area (Å²) in [6.07, 6.45) is 1.75. The van der Waals surface area contributed by atoms with Gasteiger partial charge in [0.2, 0.25) is 0 Å². The Labute approximate surface area is 112 Å². The third kappa shape index (κ3) is 3.31. The third-order valence-electron chi connectivity index (χ3n) is 2.66. The molecule has 0 radical (unpaired) electrons. The van der Waals surface area contributed by atoms with Crippen LogP contribution in [0.2, 0.25) is 0 Å². The molecule has 0 spiro atoms. The normalized spacial score (nSPS) is 10.9. The molecule has 1 aromatic heterocycles. The molecule has 0 bridgehead atoms. The molecule has 0 saturated carbocycles. The number of nitrogens with zero attached hydrogens (tertiary/aromatic N) is 2. The zero-order chi connectivity index (χ0) is 13.0. The summed E-state index contributed by atoms with van der Waals surface area (Å²) in [5.41, 5.74) is 7.78. The lowest BCUT2D eigenvalue weighted by Crippen LogP contribution is -2.00. The van der Waals surface area contributed by atoms with Crippen LogP contribution in [0.3, 0.4) is 0 Å². The van der Waals surface area contributed by atoms with E-state index in [4.69, 9.17) is 5.73 Å². The van der Waals surface area contributed by atoms with E-state index in [1.165, 1.54) is 5.56 Å². The summed E-state index contributed by atoms with van der Waals surface area (Å²) < 4.78 is 0. The Kier molecular flexibility index (Phi) is 4.33. The lowest BCUT2D eigenvalue weighted by Gasteiger charge is -2.06. The summed E-state index contributed by atoms with van der Waals surface area (Å²) in [4.78, 5) is 9.75. The average Bonchev–Trinajstić information content (AvgIpc) is 2.39. The number of benzene rings is 1. The maximum Gasteiger partial charge on any atom is 0.192 e. The van der Waals surface area contributed by atoms with Crippen LogP contribution in [0.25, 0.3) is 0 Å². The Morgan fingerprint density at radius 3 is 2.50 bits per heavy atom. The highest BCUT2D eigenvalue weighted by molar-refractivity contribution is 7.99. The first-order chi connectivity index (χ1) is 8.69. The van der Waals surface area contributed by atoms with Crippen molar-refractivity contribution in [2.75, 3.05) is 0 Å². The third-order valence-corrected chi connectivity index (χ3v) is 3.54. The molecule has 4 heteroatoms. The monoisotopic (exact) mass is 259 g/mol. The topological polar surface area (TPSA) is 51.8 Å². The van der Waals surface area contributed by atoms with Gasteiger partial charge >= 0.3 is 0 Å². The number of aromatic nitrogens is 2. The zero-order valence-corrected chi connectivity index (χ0v) is 11.4. The molecule has 2 N–H and O–H groups in total. The maximum absolute atomic E-state index is 5.57. The number of rotatable bonds is 4. The van der Waals surface area contributed by atoms with Gasteiger partial charge in [0.25, 0.3) is 0 Å². The van der Waals surface area contributed by atoms with Crippen LogP contribution in [0, 0.1) is 0 Å². The van der Waals surface area contributed by atoms with Crippen LogP contribution in [0.15, 0.2) is 46.6 Å². The van der Waals surface area contributed by atoms with Gasteiger partial charge < -0.3 is 5.73 Å². The molecule has 0 aliphatic rings. The van der Waals surface area contributed by atoms with Gasteiger partial charge in [0.05, 0.1) is 5.69 Å². The van der Waals surface area contributed by atoms with Gasteiger partial charge in [-0.2, -0.15) is 0 Å². The fourth-order valence-corrected chi connectivity index (χ4v) is 2.32. The highest BCUT2D eigenvalue weighted by atomic mass is 32.2. The van der Waals surface area contributed by atoms with E-state index in [1.807, 2.05) is 6.07 Å². The minimum absolute atomic E-state index is 0.447. The van der Waals surface area contributed by atoms with Crippen LogP contribution in [0.1, 0.15) is 31.0 Å². The Balaban J connectivity index is 2.13. The Bertz CT molecular complexity index is 509. The first-order valence-electron chi connectivity index (χ1n) is 5.99. The van der Waals surface area contributed by atoms with Crippen molar-refractivity contribution in [1.29, 1.82) is 0 Å². The molecule has 1 heterocycles. The Hall–Kier alpha value is -1.39. The summed E-state index contributed by atoms with van der Waals surface area (Å²) in [7, 11) is 0. The van der Waals surface area contributed by atoms with Gasteiger partial charge in [0, 0.05) is 17.6 Å². The second kappa shape index (κ2) is 5.98.